The van der Waals surface area contributed by atoms with Gasteiger partial charge in [0.2, 0.25) is 5.91 Å². The molecule has 6 aromatic carbocycles. The highest BCUT2D eigenvalue weighted by Gasteiger charge is 2.16. The average Bonchev–Trinajstić information content (AvgIpc) is 3.24. The van der Waals surface area contributed by atoms with E-state index in [1.807, 2.05) is 19.1 Å². The number of nitrogens with one attached hydrogen (secondary N) is 1. The minimum Gasteiger partial charge on any atom is -0.478 e. The molecule has 0 bridgehead atoms. The predicted molar refractivity (Wildman–Crippen MR) is 243 cm³/mol. The van der Waals surface area contributed by atoms with Crippen LogP contribution in [0.5, 0.6) is 0 Å². The second-order valence-corrected chi connectivity index (χ2v) is 14.4. The summed E-state index contributed by atoms with van der Waals surface area (Å²) in [6.45, 7) is 4.10. The maximum atomic E-state index is 13.2. The van der Waals surface area contributed by atoms with E-state index < -0.39 is 23.9 Å². The van der Waals surface area contributed by atoms with Crippen LogP contribution in [0.2, 0.25) is 15.1 Å². The molecule has 0 radical (unpaired) electrons. The molecular formula is C49H40Cl3F3N2O5. The third-order valence-electron chi connectivity index (χ3n) is 8.50. The lowest BCUT2D eigenvalue weighted by Gasteiger charge is -2.15. The number of carbonyl (C=O) groups excluding carboxylic acids is 2. The number of halogens is 6. The van der Waals surface area contributed by atoms with Crippen LogP contribution in [0.4, 0.5) is 13.2 Å². The molecule has 0 fully saturated rings. The van der Waals surface area contributed by atoms with Crippen molar-refractivity contribution in [2.45, 2.75) is 20.1 Å². The Labute approximate surface area is 372 Å². The average molecular weight is 900 g/mol. The Morgan fingerprint density at radius 1 is 0.565 bits per heavy atom. The van der Waals surface area contributed by atoms with Crippen LogP contribution in [-0.4, -0.2) is 35.7 Å². The third kappa shape index (κ3) is 15.9. The number of ether oxygens (including phenoxy) is 1. The maximum absolute atomic E-state index is 13.2. The standard InChI is InChI=1S/C19H19ClFNO2.C15H11ClFNO.C15H10ClFO2/c1-3-24-13(2)22-19(23)18(15-6-10-17(21)11-7-15)12-14-4-8-16(20)9-5-14;2*16-12-5-1-10(2-6-12)9-14(15(18)19)11-3-7-13(17)8-4-11/h4-13H,3H2,1-2H3,(H,22,23);1-9H,(H2,18,19);1-9H,(H,18,19)/b18-12-;2*14-9+. The summed E-state index contributed by atoms with van der Waals surface area (Å²) in [5.41, 5.74) is 10.2. The van der Waals surface area contributed by atoms with E-state index in [9.17, 15) is 32.7 Å². The highest BCUT2D eigenvalue weighted by atomic mass is 35.5. The maximum Gasteiger partial charge on any atom is 0.336 e. The predicted octanol–water partition coefficient (Wildman–Crippen LogP) is 12.1. The molecule has 2 amide bonds. The van der Waals surface area contributed by atoms with Gasteiger partial charge in [-0.1, -0.05) is 108 Å². The first-order valence-electron chi connectivity index (χ1n) is 18.8. The normalized spacial score (nSPS) is 11.9. The van der Waals surface area contributed by atoms with Gasteiger partial charge in [0.05, 0.1) is 5.57 Å². The molecule has 0 aliphatic carbocycles. The van der Waals surface area contributed by atoms with E-state index in [0.29, 0.717) is 55.1 Å². The molecule has 7 nitrogen and oxygen atoms in total. The van der Waals surface area contributed by atoms with Crippen LogP contribution in [0.1, 0.15) is 47.2 Å². The number of carboxylic acids is 1. The zero-order valence-electron chi connectivity index (χ0n) is 33.3. The molecule has 0 heterocycles. The van der Waals surface area contributed by atoms with Crippen molar-refractivity contribution in [2.75, 3.05) is 6.61 Å². The summed E-state index contributed by atoms with van der Waals surface area (Å²) in [5.74, 6) is -3.05. The number of rotatable bonds is 12. The van der Waals surface area contributed by atoms with Crippen LogP contribution in [-0.2, 0) is 19.1 Å². The van der Waals surface area contributed by atoms with Crippen molar-refractivity contribution in [3.63, 3.8) is 0 Å². The highest BCUT2D eigenvalue weighted by Crippen LogP contribution is 2.23. The molecule has 6 aromatic rings. The first-order chi connectivity index (χ1) is 29.6. The number of hydrogen-bond donors (Lipinski definition) is 3. The molecule has 0 saturated carbocycles. The van der Waals surface area contributed by atoms with Crippen molar-refractivity contribution >= 4 is 87.5 Å². The first-order valence-corrected chi connectivity index (χ1v) is 19.9. The van der Waals surface area contributed by atoms with Crippen molar-refractivity contribution in [3.8, 4) is 0 Å². The van der Waals surface area contributed by atoms with Crippen LogP contribution in [0.25, 0.3) is 34.9 Å². The lowest BCUT2D eigenvalue weighted by atomic mass is 10.0. The summed E-state index contributed by atoms with van der Waals surface area (Å²) in [6, 6.07) is 37.6. The number of hydrogen-bond acceptors (Lipinski definition) is 4. The SMILES string of the molecule is CCOC(C)NC(=O)/C(=C\c1ccc(Cl)cc1)c1ccc(F)cc1.NC(=O)/C(=C/c1ccc(Cl)cc1)c1ccc(F)cc1.O=C(O)/C(=C/c1ccc(Cl)cc1)c1ccc(F)cc1. The molecule has 6 rings (SSSR count). The third-order valence-corrected chi connectivity index (χ3v) is 9.26. The molecule has 1 unspecified atom stereocenters. The Kier molecular flexibility index (Phi) is 18.8. The fourth-order valence-corrected chi connectivity index (χ4v) is 5.84. The van der Waals surface area contributed by atoms with Gasteiger partial charge in [0.1, 0.15) is 23.7 Å². The number of benzene rings is 6. The lowest BCUT2D eigenvalue weighted by molar-refractivity contribution is -0.130. The molecule has 1 atom stereocenters. The van der Waals surface area contributed by atoms with Crippen molar-refractivity contribution in [2.24, 2.45) is 5.73 Å². The molecule has 0 spiro atoms. The quantitative estimate of drug-likeness (QED) is 0.0642. The van der Waals surface area contributed by atoms with Crippen molar-refractivity contribution in [3.05, 3.63) is 211 Å². The fraction of sp³-hybridized carbons (Fsp3) is 0.0816. The molecule has 4 N–H and O–H groups in total. The lowest BCUT2D eigenvalue weighted by Crippen LogP contribution is -2.35. The molecule has 0 aliphatic heterocycles. The van der Waals surface area contributed by atoms with Crippen LogP contribution in [0.15, 0.2) is 146 Å². The molecule has 0 saturated heterocycles. The Morgan fingerprint density at radius 3 is 1.19 bits per heavy atom. The number of carboxylic acid groups (broad SMARTS) is 1. The number of primary amides is 1. The van der Waals surface area contributed by atoms with Gasteiger partial charge < -0.3 is 20.9 Å². The van der Waals surface area contributed by atoms with E-state index in [-0.39, 0.29) is 23.1 Å². The topological polar surface area (TPSA) is 119 Å². The second-order valence-electron chi connectivity index (χ2n) is 13.1. The number of aliphatic carboxylic acids is 1. The Morgan fingerprint density at radius 2 is 0.871 bits per heavy atom. The van der Waals surface area contributed by atoms with Gasteiger partial charge in [-0.2, -0.15) is 0 Å². The van der Waals surface area contributed by atoms with E-state index >= 15 is 0 Å². The number of nitrogens with two attached hydrogens (primary N) is 1. The van der Waals surface area contributed by atoms with Gasteiger partial charge in [-0.15, -0.1) is 0 Å². The second kappa shape index (κ2) is 24.1. The van der Waals surface area contributed by atoms with E-state index in [1.165, 1.54) is 66.7 Å². The molecule has 0 aromatic heterocycles. The van der Waals surface area contributed by atoms with Gasteiger partial charge in [-0.3, -0.25) is 9.59 Å². The van der Waals surface area contributed by atoms with Gasteiger partial charge in [0.15, 0.2) is 0 Å². The smallest absolute Gasteiger partial charge is 0.336 e. The van der Waals surface area contributed by atoms with Crippen LogP contribution in [0.3, 0.4) is 0 Å². The van der Waals surface area contributed by atoms with Gasteiger partial charge in [0.25, 0.3) is 5.91 Å². The summed E-state index contributed by atoms with van der Waals surface area (Å²) in [7, 11) is 0. The Hall–Kier alpha value is -6.43. The van der Waals surface area contributed by atoms with Crippen LogP contribution < -0.4 is 11.1 Å². The van der Waals surface area contributed by atoms with Crippen LogP contribution in [0, 0.1) is 17.5 Å². The summed E-state index contributed by atoms with van der Waals surface area (Å²) in [5, 5.41) is 13.8. The molecule has 13 heteroatoms. The molecule has 0 aliphatic rings. The summed E-state index contributed by atoms with van der Waals surface area (Å²) >= 11 is 17.4. The van der Waals surface area contributed by atoms with Gasteiger partial charge in [-0.05, 0) is 138 Å². The first kappa shape index (κ1) is 48.2. The number of carbonyl (C=O) groups is 3. The zero-order chi connectivity index (χ0) is 45.2. The van der Waals surface area contributed by atoms with Crippen molar-refractivity contribution in [1.82, 2.24) is 5.32 Å². The fourth-order valence-electron chi connectivity index (χ4n) is 5.46. The van der Waals surface area contributed by atoms with Crippen molar-refractivity contribution < 1.29 is 37.4 Å². The minimum absolute atomic E-state index is 0.0994. The van der Waals surface area contributed by atoms with Gasteiger partial charge in [0, 0.05) is 32.8 Å². The highest BCUT2D eigenvalue weighted by molar-refractivity contribution is 6.31. The summed E-state index contributed by atoms with van der Waals surface area (Å²) in [6.07, 6.45) is 4.48. The Balaban J connectivity index is 0.000000206. The summed E-state index contributed by atoms with van der Waals surface area (Å²) in [4.78, 5) is 35.4. The molecule has 62 heavy (non-hydrogen) atoms. The monoisotopic (exact) mass is 898 g/mol. The van der Waals surface area contributed by atoms with Gasteiger partial charge >= 0.3 is 5.97 Å². The Bertz CT molecular complexity index is 2400. The van der Waals surface area contributed by atoms with Crippen molar-refractivity contribution in [1.29, 1.82) is 0 Å². The van der Waals surface area contributed by atoms with E-state index in [2.05, 4.69) is 5.32 Å². The van der Waals surface area contributed by atoms with Crippen LogP contribution >= 0.6 is 34.8 Å². The molecule has 318 valence electrons. The summed E-state index contributed by atoms with van der Waals surface area (Å²) < 4.78 is 44.2. The zero-order valence-corrected chi connectivity index (χ0v) is 35.6. The van der Waals surface area contributed by atoms with Gasteiger partial charge in [-0.25, -0.2) is 18.0 Å². The largest absolute Gasteiger partial charge is 0.478 e. The molecular weight excluding hydrogens is 860 g/mol. The van der Waals surface area contributed by atoms with E-state index in [4.69, 9.17) is 45.3 Å². The number of amides is 2. The van der Waals surface area contributed by atoms with E-state index in [0.717, 1.165) is 11.1 Å². The minimum atomic E-state index is -1.07. The van der Waals surface area contributed by atoms with E-state index in [1.54, 1.807) is 91.9 Å².